The van der Waals surface area contributed by atoms with Crippen LogP contribution in [-0.2, 0) is 17.2 Å². The van der Waals surface area contributed by atoms with E-state index in [4.69, 9.17) is 16.3 Å². The molecule has 1 heterocycles. The van der Waals surface area contributed by atoms with Crippen molar-refractivity contribution in [2.24, 2.45) is 0 Å². The summed E-state index contributed by atoms with van der Waals surface area (Å²) in [6, 6.07) is 6.06. The minimum absolute atomic E-state index is 0.137. The van der Waals surface area contributed by atoms with Crippen LogP contribution < -0.4 is 0 Å². The number of aromatic nitrogens is 2. The molecule has 0 aliphatic carbocycles. The summed E-state index contributed by atoms with van der Waals surface area (Å²) in [5.41, 5.74) is 2.05. The lowest BCUT2D eigenvalue weighted by Crippen LogP contribution is -2.16. The van der Waals surface area contributed by atoms with Crippen LogP contribution in [0, 0.1) is 0 Å². The second-order valence-electron chi connectivity index (χ2n) is 3.95. The Morgan fingerprint density at radius 2 is 2.29 bits per heavy atom. The van der Waals surface area contributed by atoms with E-state index in [-0.39, 0.29) is 6.10 Å². The van der Waals surface area contributed by atoms with Crippen molar-refractivity contribution in [3.8, 4) is 0 Å². The Bertz CT molecular complexity index is 526. The van der Waals surface area contributed by atoms with Crippen molar-refractivity contribution in [3.63, 3.8) is 0 Å². The van der Waals surface area contributed by atoms with Gasteiger partial charge >= 0.3 is 0 Å². The molecule has 1 aromatic heterocycles. The third kappa shape index (κ3) is 2.64. The van der Waals surface area contributed by atoms with Crippen LogP contribution >= 0.6 is 27.5 Å². The molecular formula is C12H14BrClN2O. The van der Waals surface area contributed by atoms with Gasteiger partial charge < -0.3 is 9.30 Å². The predicted molar refractivity (Wildman–Crippen MR) is 73.5 cm³/mol. The monoisotopic (exact) mass is 316 g/mol. The molecule has 3 nitrogen and oxygen atoms in total. The number of benzene rings is 1. The highest BCUT2D eigenvalue weighted by molar-refractivity contribution is 9.10. The summed E-state index contributed by atoms with van der Waals surface area (Å²) in [5.74, 6) is 1.28. The maximum atomic E-state index is 5.93. The van der Waals surface area contributed by atoms with Gasteiger partial charge in [-0.3, -0.25) is 0 Å². The molecule has 0 bridgehead atoms. The van der Waals surface area contributed by atoms with E-state index >= 15 is 0 Å². The first-order valence-electron chi connectivity index (χ1n) is 5.39. The molecule has 2 rings (SSSR count). The Morgan fingerprint density at radius 1 is 1.53 bits per heavy atom. The third-order valence-electron chi connectivity index (χ3n) is 2.75. The SMILES string of the molecule is COC(C)Cn1c(CCl)nc2cc(Br)ccc21. The molecule has 0 fully saturated rings. The molecule has 2 aromatic rings. The van der Waals surface area contributed by atoms with Gasteiger partial charge in [0.2, 0.25) is 0 Å². The van der Waals surface area contributed by atoms with Gasteiger partial charge in [0.05, 0.1) is 29.6 Å². The lowest BCUT2D eigenvalue weighted by Gasteiger charge is -2.13. The lowest BCUT2D eigenvalue weighted by molar-refractivity contribution is 0.103. The summed E-state index contributed by atoms with van der Waals surface area (Å²) in [5, 5.41) is 0. The van der Waals surface area contributed by atoms with E-state index in [9.17, 15) is 0 Å². The zero-order valence-corrected chi connectivity index (χ0v) is 12.1. The fourth-order valence-electron chi connectivity index (χ4n) is 1.79. The van der Waals surface area contributed by atoms with Gasteiger partial charge in [0, 0.05) is 11.6 Å². The maximum Gasteiger partial charge on any atom is 0.124 e. The van der Waals surface area contributed by atoms with Crippen LogP contribution in [-0.4, -0.2) is 22.8 Å². The van der Waals surface area contributed by atoms with Gasteiger partial charge in [-0.25, -0.2) is 4.98 Å². The number of halogens is 2. The van der Waals surface area contributed by atoms with Crippen molar-refractivity contribution >= 4 is 38.6 Å². The van der Waals surface area contributed by atoms with Gasteiger partial charge in [-0.05, 0) is 25.1 Å². The number of imidazole rings is 1. The number of nitrogens with zero attached hydrogens (tertiary/aromatic N) is 2. The summed E-state index contributed by atoms with van der Waals surface area (Å²) >= 11 is 9.38. The summed E-state index contributed by atoms with van der Waals surface area (Å²) in [6.45, 7) is 2.79. The van der Waals surface area contributed by atoms with Crippen LogP contribution in [0.5, 0.6) is 0 Å². The highest BCUT2D eigenvalue weighted by Crippen LogP contribution is 2.22. The number of hydrogen-bond donors (Lipinski definition) is 0. The number of ether oxygens (including phenoxy) is 1. The lowest BCUT2D eigenvalue weighted by atomic mass is 10.3. The molecule has 17 heavy (non-hydrogen) atoms. The molecule has 0 spiro atoms. The maximum absolute atomic E-state index is 5.93. The Balaban J connectivity index is 2.50. The normalized spacial score (nSPS) is 13.2. The average molecular weight is 318 g/mol. The molecular weight excluding hydrogens is 304 g/mol. The van der Waals surface area contributed by atoms with E-state index < -0.39 is 0 Å². The van der Waals surface area contributed by atoms with E-state index in [1.54, 1.807) is 7.11 Å². The van der Waals surface area contributed by atoms with E-state index in [0.717, 1.165) is 27.9 Å². The molecule has 0 radical (unpaired) electrons. The number of alkyl halides is 1. The average Bonchev–Trinajstić information content (AvgIpc) is 2.66. The van der Waals surface area contributed by atoms with Crippen molar-refractivity contribution in [1.29, 1.82) is 0 Å². The number of fused-ring (bicyclic) bond motifs is 1. The van der Waals surface area contributed by atoms with Gasteiger partial charge in [-0.15, -0.1) is 11.6 Å². The van der Waals surface area contributed by atoms with Gasteiger partial charge in [0.15, 0.2) is 0 Å². The standard InChI is InChI=1S/C12H14BrClN2O/c1-8(17-2)7-16-11-4-3-9(13)5-10(11)15-12(16)6-14/h3-5,8H,6-7H2,1-2H3. The van der Waals surface area contributed by atoms with E-state index in [2.05, 4.69) is 25.5 Å². The quantitative estimate of drug-likeness (QED) is 0.806. The molecule has 1 aromatic carbocycles. The van der Waals surface area contributed by atoms with Crippen LogP contribution in [0.2, 0.25) is 0 Å². The van der Waals surface area contributed by atoms with Crippen molar-refractivity contribution in [3.05, 3.63) is 28.5 Å². The van der Waals surface area contributed by atoms with Crippen molar-refractivity contribution in [1.82, 2.24) is 9.55 Å². The number of hydrogen-bond acceptors (Lipinski definition) is 2. The number of methoxy groups -OCH3 is 1. The first-order valence-corrected chi connectivity index (χ1v) is 6.72. The summed E-state index contributed by atoms with van der Waals surface area (Å²) in [7, 11) is 1.71. The van der Waals surface area contributed by atoms with Crippen LogP contribution in [0.3, 0.4) is 0 Å². The first-order chi connectivity index (χ1) is 8.15. The molecule has 0 saturated heterocycles. The molecule has 5 heteroatoms. The summed E-state index contributed by atoms with van der Waals surface area (Å²) < 4.78 is 8.43. The van der Waals surface area contributed by atoms with Crippen molar-refractivity contribution < 1.29 is 4.74 Å². The summed E-state index contributed by atoms with van der Waals surface area (Å²) in [4.78, 5) is 4.52. The Kier molecular flexibility index (Phi) is 4.07. The Morgan fingerprint density at radius 3 is 2.94 bits per heavy atom. The molecule has 1 unspecified atom stereocenters. The minimum atomic E-state index is 0.137. The fraction of sp³-hybridized carbons (Fsp3) is 0.417. The van der Waals surface area contributed by atoms with Crippen molar-refractivity contribution in [2.75, 3.05) is 7.11 Å². The van der Waals surface area contributed by atoms with Crippen LogP contribution in [0.25, 0.3) is 11.0 Å². The van der Waals surface area contributed by atoms with Crippen molar-refractivity contribution in [2.45, 2.75) is 25.5 Å². The third-order valence-corrected chi connectivity index (χ3v) is 3.48. The minimum Gasteiger partial charge on any atom is -0.380 e. The Hall–Kier alpha value is -0.580. The highest BCUT2D eigenvalue weighted by atomic mass is 79.9. The van der Waals surface area contributed by atoms with Crippen LogP contribution in [0.15, 0.2) is 22.7 Å². The molecule has 1 atom stereocenters. The van der Waals surface area contributed by atoms with Crippen LogP contribution in [0.4, 0.5) is 0 Å². The highest BCUT2D eigenvalue weighted by Gasteiger charge is 2.12. The smallest absolute Gasteiger partial charge is 0.124 e. The van der Waals surface area contributed by atoms with Gasteiger partial charge in [0.25, 0.3) is 0 Å². The first kappa shape index (κ1) is 12.9. The number of rotatable bonds is 4. The second kappa shape index (κ2) is 5.38. The molecule has 0 N–H and O–H groups in total. The van der Waals surface area contributed by atoms with Crippen LogP contribution in [0.1, 0.15) is 12.7 Å². The Labute approximate surface area is 114 Å². The van der Waals surface area contributed by atoms with Gasteiger partial charge in [-0.2, -0.15) is 0 Å². The van der Waals surface area contributed by atoms with Gasteiger partial charge in [-0.1, -0.05) is 15.9 Å². The topological polar surface area (TPSA) is 27.1 Å². The molecule has 0 aliphatic heterocycles. The fourth-order valence-corrected chi connectivity index (χ4v) is 2.34. The zero-order chi connectivity index (χ0) is 12.4. The zero-order valence-electron chi connectivity index (χ0n) is 9.78. The molecule has 0 amide bonds. The molecule has 0 saturated carbocycles. The van der Waals surface area contributed by atoms with Gasteiger partial charge in [0.1, 0.15) is 5.82 Å². The molecule has 92 valence electrons. The van der Waals surface area contributed by atoms with E-state index in [0.29, 0.717) is 5.88 Å². The molecule has 0 aliphatic rings. The predicted octanol–water partition coefficient (Wildman–Crippen LogP) is 3.57. The largest absolute Gasteiger partial charge is 0.380 e. The summed E-state index contributed by atoms with van der Waals surface area (Å²) in [6.07, 6.45) is 0.137. The van der Waals surface area contributed by atoms with E-state index in [1.807, 2.05) is 25.1 Å². The van der Waals surface area contributed by atoms with E-state index in [1.165, 1.54) is 0 Å². The second-order valence-corrected chi connectivity index (χ2v) is 5.13.